The number of anilines is 4. The summed E-state index contributed by atoms with van der Waals surface area (Å²) in [5, 5.41) is 8.31. The number of hydrogen-bond donors (Lipinski definition) is 3. The van der Waals surface area contributed by atoms with Crippen LogP contribution in [0.3, 0.4) is 0 Å². The van der Waals surface area contributed by atoms with Gasteiger partial charge in [0, 0.05) is 97.8 Å². The first-order chi connectivity index (χ1) is 33.2. The van der Waals surface area contributed by atoms with Crippen molar-refractivity contribution < 1.29 is 34.9 Å². The Morgan fingerprint density at radius 1 is 0.855 bits per heavy atom. The SMILES string of the molecule is [2H]C1([2H])N(CC2CCN(Cc3ccc(C(=O)Nc4ccc(C)c(Nc5nccc(-c6cccnc6)n5)c4)cc3)CC2)C([2H])([2H])C([2H])([2H])N(c2ccc3c(c2)C(=O)N(C2CCC(=O)NC2=O)C3=O)C1([2H])[2H]. The van der Waals surface area contributed by atoms with Gasteiger partial charge in [-0.05, 0) is 117 Å². The first-order valence-corrected chi connectivity index (χ1v) is 20.3. The minimum absolute atomic E-state index is 0.106. The van der Waals surface area contributed by atoms with Crippen molar-refractivity contribution in [1.29, 1.82) is 0 Å². The number of amides is 5. The molecule has 15 heteroatoms. The van der Waals surface area contributed by atoms with Gasteiger partial charge in [-0.3, -0.25) is 49.0 Å². The third-order valence-corrected chi connectivity index (χ3v) is 11.4. The van der Waals surface area contributed by atoms with Gasteiger partial charge in [-0.2, -0.15) is 0 Å². The molecule has 3 N–H and O–H groups in total. The Morgan fingerprint density at radius 3 is 2.40 bits per heavy atom. The minimum atomic E-state index is -3.22. The summed E-state index contributed by atoms with van der Waals surface area (Å²) in [6.45, 7) is -9.43. The largest absolute Gasteiger partial charge is 0.369 e. The molecule has 1 atom stereocenters. The van der Waals surface area contributed by atoms with E-state index in [1.807, 2.05) is 49.4 Å². The molecular formula is C47H48N10O5. The number of piperazine rings is 1. The average molecular weight is 841 g/mol. The average Bonchev–Trinajstić information content (AvgIpc) is 3.57. The minimum Gasteiger partial charge on any atom is -0.369 e. The molecule has 3 fully saturated rings. The van der Waals surface area contributed by atoms with Crippen LogP contribution in [0.1, 0.15) is 78.9 Å². The number of aryl methyl sites for hydroxylation is 1. The van der Waals surface area contributed by atoms with Gasteiger partial charge in [0.2, 0.25) is 17.8 Å². The Kier molecular flexibility index (Phi) is 9.09. The second-order valence-electron chi connectivity index (χ2n) is 15.6. The molecule has 3 aromatic carbocycles. The van der Waals surface area contributed by atoms with E-state index in [0.29, 0.717) is 70.1 Å². The lowest BCUT2D eigenvalue weighted by Gasteiger charge is -2.39. The molecule has 0 radical (unpaired) electrons. The zero-order valence-corrected chi connectivity index (χ0v) is 33.7. The molecule has 1 unspecified atom stereocenters. The number of carbonyl (C=O) groups excluding carboxylic acids is 5. The molecule has 2 aromatic heterocycles. The van der Waals surface area contributed by atoms with Crippen molar-refractivity contribution in [2.24, 2.45) is 5.92 Å². The smallest absolute Gasteiger partial charge is 0.262 e. The zero-order valence-electron chi connectivity index (χ0n) is 41.7. The van der Waals surface area contributed by atoms with E-state index in [1.165, 1.54) is 0 Å². The molecule has 5 aromatic rings. The fraction of sp³-hybridized carbons (Fsp3) is 0.319. The van der Waals surface area contributed by atoms with E-state index in [9.17, 15) is 24.0 Å². The maximum Gasteiger partial charge on any atom is 0.262 e. The highest BCUT2D eigenvalue weighted by Crippen LogP contribution is 2.32. The van der Waals surface area contributed by atoms with Gasteiger partial charge in [0.05, 0.1) is 22.3 Å². The van der Waals surface area contributed by atoms with Gasteiger partial charge in [-0.1, -0.05) is 18.2 Å². The quantitative estimate of drug-likeness (QED) is 0.147. The number of hydrogen-bond acceptors (Lipinski definition) is 12. The van der Waals surface area contributed by atoms with Crippen LogP contribution in [0.2, 0.25) is 0 Å². The van der Waals surface area contributed by atoms with E-state index in [2.05, 4.69) is 35.8 Å². The molecule has 4 aliphatic heterocycles. The summed E-state index contributed by atoms with van der Waals surface area (Å²) in [4.78, 5) is 81.5. The molecule has 15 nitrogen and oxygen atoms in total. The summed E-state index contributed by atoms with van der Waals surface area (Å²) < 4.78 is 72.4. The van der Waals surface area contributed by atoms with Gasteiger partial charge in [0.15, 0.2) is 0 Å². The number of fused-ring (bicyclic) bond motifs is 1. The number of benzene rings is 3. The Labute approximate surface area is 370 Å². The first kappa shape index (κ1) is 32.0. The second kappa shape index (κ2) is 17.6. The molecule has 9 rings (SSSR count). The van der Waals surface area contributed by atoms with Gasteiger partial charge in [-0.25, -0.2) is 9.97 Å². The normalized spacial score (nSPS) is 23.9. The molecule has 0 spiro atoms. The van der Waals surface area contributed by atoms with Crippen molar-refractivity contribution in [3.8, 4) is 11.3 Å². The Hall–Kier alpha value is -6.84. The maximum absolute atomic E-state index is 13.6. The molecule has 0 saturated carbocycles. The number of likely N-dealkylation sites (tertiary alicyclic amines) is 1. The molecule has 0 aliphatic carbocycles. The third kappa shape index (κ3) is 8.81. The molecule has 4 aliphatic rings. The second-order valence-corrected chi connectivity index (χ2v) is 15.6. The van der Waals surface area contributed by atoms with Crippen LogP contribution in [0.25, 0.3) is 11.3 Å². The maximum atomic E-state index is 13.6. The Balaban J connectivity index is 0.811. The van der Waals surface area contributed by atoms with Crippen molar-refractivity contribution in [1.82, 2.24) is 35.0 Å². The van der Waals surface area contributed by atoms with Gasteiger partial charge in [0.25, 0.3) is 17.7 Å². The fourth-order valence-electron chi connectivity index (χ4n) is 7.95. The Morgan fingerprint density at radius 2 is 1.65 bits per heavy atom. The van der Waals surface area contributed by atoms with Crippen LogP contribution in [0.5, 0.6) is 0 Å². The molecule has 6 heterocycles. The lowest BCUT2D eigenvalue weighted by Crippen LogP contribution is -2.54. The summed E-state index contributed by atoms with van der Waals surface area (Å²) in [5.74, 6) is -3.41. The van der Waals surface area contributed by atoms with Crippen LogP contribution < -0.4 is 20.9 Å². The molecule has 0 bridgehead atoms. The van der Waals surface area contributed by atoms with Crippen LogP contribution >= 0.6 is 0 Å². The van der Waals surface area contributed by atoms with Crippen LogP contribution in [-0.2, 0) is 16.1 Å². The fourth-order valence-corrected chi connectivity index (χ4v) is 7.95. The van der Waals surface area contributed by atoms with Crippen LogP contribution in [-0.4, -0.2) is 111 Å². The summed E-state index contributed by atoms with van der Waals surface area (Å²) in [6, 6.07) is 20.3. The van der Waals surface area contributed by atoms with Gasteiger partial charge in [-0.15, -0.1) is 0 Å². The summed E-state index contributed by atoms with van der Waals surface area (Å²) in [6.07, 6.45) is 5.83. The Bertz CT molecular complexity index is 2880. The predicted octanol–water partition coefficient (Wildman–Crippen LogP) is 5.28. The highest BCUT2D eigenvalue weighted by atomic mass is 16.2. The van der Waals surface area contributed by atoms with Gasteiger partial charge < -0.3 is 15.5 Å². The summed E-state index contributed by atoms with van der Waals surface area (Å²) in [5.41, 5.74) is 4.31. The van der Waals surface area contributed by atoms with Crippen molar-refractivity contribution in [2.75, 3.05) is 61.2 Å². The van der Waals surface area contributed by atoms with Crippen LogP contribution in [0.4, 0.5) is 23.0 Å². The predicted molar refractivity (Wildman–Crippen MR) is 234 cm³/mol. The highest BCUT2D eigenvalue weighted by molar-refractivity contribution is 6.23. The van der Waals surface area contributed by atoms with Crippen molar-refractivity contribution in [3.63, 3.8) is 0 Å². The molecule has 62 heavy (non-hydrogen) atoms. The van der Waals surface area contributed by atoms with Gasteiger partial charge >= 0.3 is 0 Å². The lowest BCUT2D eigenvalue weighted by atomic mass is 9.95. The number of piperidine rings is 2. The number of nitrogens with one attached hydrogen (secondary N) is 3. The van der Waals surface area contributed by atoms with E-state index < -0.39 is 55.7 Å². The number of carbonyl (C=O) groups is 5. The molecule has 316 valence electrons. The number of pyridine rings is 1. The number of aromatic nitrogens is 3. The number of imide groups is 2. The number of rotatable bonds is 11. The summed E-state index contributed by atoms with van der Waals surface area (Å²) in [7, 11) is 0. The van der Waals surface area contributed by atoms with Crippen molar-refractivity contribution >= 4 is 52.5 Å². The van der Waals surface area contributed by atoms with E-state index in [1.54, 1.807) is 36.8 Å². The van der Waals surface area contributed by atoms with Crippen molar-refractivity contribution in [3.05, 3.63) is 125 Å². The van der Waals surface area contributed by atoms with Crippen LogP contribution in [0, 0.1) is 12.8 Å². The van der Waals surface area contributed by atoms with E-state index in [-0.39, 0.29) is 48.0 Å². The van der Waals surface area contributed by atoms with Crippen molar-refractivity contribution in [2.45, 2.75) is 45.2 Å². The first-order valence-electron chi connectivity index (χ1n) is 24.3. The van der Waals surface area contributed by atoms with E-state index >= 15 is 0 Å². The summed E-state index contributed by atoms with van der Waals surface area (Å²) >= 11 is 0. The topological polar surface area (TPSA) is 173 Å². The van der Waals surface area contributed by atoms with E-state index in [0.717, 1.165) is 40.6 Å². The van der Waals surface area contributed by atoms with E-state index in [4.69, 9.17) is 11.0 Å². The number of nitrogens with zero attached hydrogens (tertiary/aromatic N) is 7. The molecular weight excluding hydrogens is 785 g/mol. The molecule has 5 amide bonds. The molecule has 3 saturated heterocycles. The highest BCUT2D eigenvalue weighted by Gasteiger charge is 2.45. The van der Waals surface area contributed by atoms with Crippen LogP contribution in [0.15, 0.2) is 97.5 Å². The lowest BCUT2D eigenvalue weighted by molar-refractivity contribution is -0.136. The third-order valence-electron chi connectivity index (χ3n) is 11.4. The van der Waals surface area contributed by atoms with Gasteiger partial charge in [0.1, 0.15) is 6.04 Å². The monoisotopic (exact) mass is 840 g/mol. The standard InChI is InChI=1S/C47H48N10O5/c1-30-4-9-35(25-40(30)52-47-49-18-14-39(51-47)34-3-2-17-48-27-34)50-43(59)33-7-5-31(6-8-33)28-54-19-15-32(16-20-54)29-55-21-23-56(24-22-55)36-10-11-37-38(26-36)46(62)57(45(37)61)41-12-13-42(58)53-44(41)60/h2-11,14,17-18,25-27,32,41H,12-13,15-16,19-24,28-29H2,1H3,(H,50,59)(H,49,51,52)(H,53,58,60)/i21D2,22D2,23D2,24D2. The zero-order chi connectivity index (χ0) is 49.9.